The van der Waals surface area contributed by atoms with Crippen LogP contribution in [0, 0.1) is 11.7 Å². The van der Waals surface area contributed by atoms with Crippen molar-refractivity contribution in [3.63, 3.8) is 0 Å². The van der Waals surface area contributed by atoms with Gasteiger partial charge >= 0.3 is 0 Å². The predicted octanol–water partition coefficient (Wildman–Crippen LogP) is 4.26. The Morgan fingerprint density at radius 2 is 1.81 bits per heavy atom. The molecular formula is C24H25FN4O2. The number of imidazole rings is 1. The fraction of sp³-hybridized carbons (Fsp3) is 0.292. The zero-order valence-corrected chi connectivity index (χ0v) is 17.6. The van der Waals surface area contributed by atoms with E-state index in [1.807, 2.05) is 44.2 Å². The van der Waals surface area contributed by atoms with Crippen molar-refractivity contribution in [1.82, 2.24) is 14.5 Å². The van der Waals surface area contributed by atoms with E-state index in [9.17, 15) is 14.0 Å². The summed E-state index contributed by atoms with van der Waals surface area (Å²) in [5.74, 6) is -0.281. The van der Waals surface area contributed by atoms with Gasteiger partial charge in [-0.2, -0.15) is 0 Å². The standard InChI is InChI=1S/C24H25FN4O2/c1-16(2)28(23(31)18-8-9-18)15-22(30)27-24-26-21(17-6-4-3-5-7-17)14-29(24)20-12-10-19(25)11-13-20/h3-7,10-14,16,18H,8-9,15H2,1-2H3,(H,26,27,30). The molecule has 0 bridgehead atoms. The summed E-state index contributed by atoms with van der Waals surface area (Å²) >= 11 is 0. The van der Waals surface area contributed by atoms with Crippen molar-refractivity contribution in [3.05, 3.63) is 66.6 Å². The molecule has 1 aliphatic carbocycles. The third-order valence-corrected chi connectivity index (χ3v) is 5.28. The molecule has 0 saturated heterocycles. The second-order valence-electron chi connectivity index (χ2n) is 8.04. The van der Waals surface area contributed by atoms with E-state index in [1.165, 1.54) is 12.1 Å². The van der Waals surface area contributed by atoms with Gasteiger partial charge in [-0.05, 0) is 51.0 Å². The summed E-state index contributed by atoms with van der Waals surface area (Å²) in [5, 5.41) is 2.84. The fourth-order valence-electron chi connectivity index (χ4n) is 3.41. The molecule has 6 nitrogen and oxygen atoms in total. The number of carbonyl (C=O) groups excluding carboxylic acids is 2. The van der Waals surface area contributed by atoms with Crippen LogP contribution in [0.5, 0.6) is 0 Å². The molecule has 1 heterocycles. The van der Waals surface area contributed by atoms with Crippen molar-refractivity contribution in [3.8, 4) is 16.9 Å². The maximum absolute atomic E-state index is 13.4. The highest BCUT2D eigenvalue weighted by Crippen LogP contribution is 2.31. The highest BCUT2D eigenvalue weighted by Gasteiger charge is 2.35. The molecular weight excluding hydrogens is 395 g/mol. The molecule has 31 heavy (non-hydrogen) atoms. The van der Waals surface area contributed by atoms with E-state index in [-0.39, 0.29) is 36.1 Å². The van der Waals surface area contributed by atoms with Crippen molar-refractivity contribution in [2.24, 2.45) is 5.92 Å². The van der Waals surface area contributed by atoms with Crippen LogP contribution in [-0.4, -0.2) is 38.9 Å². The molecule has 1 aromatic heterocycles. The minimum atomic E-state index is -0.344. The highest BCUT2D eigenvalue weighted by atomic mass is 19.1. The summed E-state index contributed by atoms with van der Waals surface area (Å²) < 4.78 is 15.1. The average Bonchev–Trinajstić information content (AvgIpc) is 3.53. The lowest BCUT2D eigenvalue weighted by molar-refractivity contribution is -0.137. The maximum atomic E-state index is 13.4. The van der Waals surface area contributed by atoms with Gasteiger partial charge in [0.15, 0.2) is 0 Å². The molecule has 0 unspecified atom stereocenters. The molecule has 4 rings (SSSR count). The van der Waals surface area contributed by atoms with Crippen molar-refractivity contribution in [1.29, 1.82) is 0 Å². The number of aromatic nitrogens is 2. The number of benzene rings is 2. The van der Waals surface area contributed by atoms with Gasteiger partial charge in [0.25, 0.3) is 0 Å². The normalized spacial score (nSPS) is 13.3. The van der Waals surface area contributed by atoms with Gasteiger partial charge in [-0.25, -0.2) is 9.37 Å². The van der Waals surface area contributed by atoms with Gasteiger partial charge in [0.2, 0.25) is 17.8 Å². The van der Waals surface area contributed by atoms with E-state index in [0.29, 0.717) is 17.3 Å². The zero-order chi connectivity index (χ0) is 22.0. The molecule has 7 heteroatoms. The minimum Gasteiger partial charge on any atom is -0.331 e. The lowest BCUT2D eigenvalue weighted by Crippen LogP contribution is -2.43. The molecule has 1 aliphatic rings. The first kappa shape index (κ1) is 20.8. The topological polar surface area (TPSA) is 67.2 Å². The number of hydrogen-bond donors (Lipinski definition) is 1. The zero-order valence-electron chi connectivity index (χ0n) is 17.6. The Morgan fingerprint density at radius 3 is 2.42 bits per heavy atom. The summed E-state index contributed by atoms with van der Waals surface area (Å²) in [4.78, 5) is 31.6. The van der Waals surface area contributed by atoms with Gasteiger partial charge < -0.3 is 4.90 Å². The van der Waals surface area contributed by atoms with Gasteiger partial charge in [0.1, 0.15) is 12.4 Å². The Kier molecular flexibility index (Phi) is 5.84. The van der Waals surface area contributed by atoms with Gasteiger partial charge in [0.05, 0.1) is 5.69 Å². The Balaban J connectivity index is 1.61. The van der Waals surface area contributed by atoms with Gasteiger partial charge in [-0.3, -0.25) is 19.5 Å². The molecule has 160 valence electrons. The Bertz CT molecular complexity index is 1070. The van der Waals surface area contributed by atoms with Crippen LogP contribution in [0.15, 0.2) is 60.8 Å². The second-order valence-corrected chi connectivity index (χ2v) is 8.04. The van der Waals surface area contributed by atoms with Crippen LogP contribution in [0.4, 0.5) is 10.3 Å². The van der Waals surface area contributed by atoms with E-state index in [0.717, 1.165) is 18.4 Å². The molecule has 0 spiro atoms. The quantitative estimate of drug-likeness (QED) is 0.621. The third kappa shape index (κ3) is 4.82. The smallest absolute Gasteiger partial charge is 0.246 e. The van der Waals surface area contributed by atoms with Crippen molar-refractivity contribution in [2.45, 2.75) is 32.7 Å². The molecule has 2 aromatic carbocycles. The van der Waals surface area contributed by atoms with Gasteiger partial charge in [-0.15, -0.1) is 0 Å². The molecule has 3 aromatic rings. The number of rotatable bonds is 7. The first-order valence-corrected chi connectivity index (χ1v) is 10.4. The Morgan fingerprint density at radius 1 is 1.13 bits per heavy atom. The van der Waals surface area contributed by atoms with Crippen LogP contribution < -0.4 is 5.32 Å². The summed E-state index contributed by atoms with van der Waals surface area (Å²) in [6.07, 6.45) is 3.58. The number of nitrogens with zero attached hydrogens (tertiary/aromatic N) is 3. The van der Waals surface area contributed by atoms with Gasteiger partial charge in [-0.1, -0.05) is 30.3 Å². The molecule has 0 aliphatic heterocycles. The number of halogens is 1. The van der Waals surface area contributed by atoms with Crippen molar-refractivity contribution in [2.75, 3.05) is 11.9 Å². The average molecular weight is 420 g/mol. The summed E-state index contributed by atoms with van der Waals surface area (Å²) in [6.45, 7) is 3.77. The van der Waals surface area contributed by atoms with E-state index < -0.39 is 0 Å². The van der Waals surface area contributed by atoms with Crippen LogP contribution in [0.3, 0.4) is 0 Å². The lowest BCUT2D eigenvalue weighted by Gasteiger charge is -2.26. The molecule has 1 N–H and O–H groups in total. The number of amides is 2. The van der Waals surface area contributed by atoms with E-state index in [1.54, 1.807) is 27.8 Å². The number of nitrogens with one attached hydrogen (secondary N) is 1. The lowest BCUT2D eigenvalue weighted by atomic mass is 10.2. The fourth-order valence-corrected chi connectivity index (χ4v) is 3.41. The van der Waals surface area contributed by atoms with Crippen LogP contribution in [0.1, 0.15) is 26.7 Å². The van der Waals surface area contributed by atoms with E-state index in [4.69, 9.17) is 0 Å². The number of hydrogen-bond acceptors (Lipinski definition) is 3. The largest absolute Gasteiger partial charge is 0.331 e. The molecule has 0 radical (unpaired) electrons. The van der Waals surface area contributed by atoms with E-state index >= 15 is 0 Å². The maximum Gasteiger partial charge on any atom is 0.246 e. The summed E-state index contributed by atoms with van der Waals surface area (Å²) in [7, 11) is 0. The van der Waals surface area contributed by atoms with Crippen molar-refractivity contribution < 1.29 is 14.0 Å². The molecule has 0 atom stereocenters. The monoisotopic (exact) mass is 420 g/mol. The van der Waals surface area contributed by atoms with Crippen LogP contribution in [0.2, 0.25) is 0 Å². The Labute approximate surface area is 180 Å². The Hall–Kier alpha value is -3.48. The van der Waals surface area contributed by atoms with E-state index in [2.05, 4.69) is 10.3 Å². The first-order chi connectivity index (χ1) is 14.9. The highest BCUT2D eigenvalue weighted by molar-refractivity contribution is 5.94. The number of carbonyl (C=O) groups is 2. The number of anilines is 1. The SMILES string of the molecule is CC(C)N(CC(=O)Nc1nc(-c2ccccc2)cn1-c1ccc(F)cc1)C(=O)C1CC1. The predicted molar refractivity (Wildman–Crippen MR) is 117 cm³/mol. The van der Waals surface area contributed by atoms with Crippen molar-refractivity contribution >= 4 is 17.8 Å². The van der Waals surface area contributed by atoms with Gasteiger partial charge in [0, 0.05) is 29.4 Å². The first-order valence-electron chi connectivity index (χ1n) is 10.4. The van der Waals surface area contributed by atoms with Crippen LogP contribution >= 0.6 is 0 Å². The van der Waals surface area contributed by atoms with Crippen LogP contribution in [0.25, 0.3) is 16.9 Å². The molecule has 2 amide bonds. The molecule has 1 saturated carbocycles. The minimum absolute atomic E-state index is 0.0250. The summed E-state index contributed by atoms with van der Waals surface area (Å²) in [6, 6.07) is 15.5. The summed E-state index contributed by atoms with van der Waals surface area (Å²) in [5.41, 5.74) is 2.24. The second kappa shape index (κ2) is 8.71. The molecule has 1 fully saturated rings. The van der Waals surface area contributed by atoms with Crippen LogP contribution in [-0.2, 0) is 9.59 Å². The third-order valence-electron chi connectivity index (χ3n) is 5.28.